The molecule has 1 saturated heterocycles. The molecule has 1 amide bonds. The number of aryl methyl sites for hydroxylation is 1. The summed E-state index contributed by atoms with van der Waals surface area (Å²) in [6.45, 7) is 7.04. The first kappa shape index (κ1) is 25.3. The van der Waals surface area contributed by atoms with Gasteiger partial charge >= 0.3 is 6.18 Å². The van der Waals surface area contributed by atoms with E-state index in [0.717, 1.165) is 48.2 Å². The number of nitrogens with one attached hydrogen (secondary N) is 1. The summed E-state index contributed by atoms with van der Waals surface area (Å²) in [4.78, 5) is 19.5. The molecule has 7 heteroatoms. The van der Waals surface area contributed by atoms with Crippen molar-refractivity contribution in [3.05, 3.63) is 71.4 Å². The monoisotopic (exact) mass is 485 g/mol. The minimum Gasteiger partial charge on any atom is -0.351 e. The zero-order valence-corrected chi connectivity index (χ0v) is 20.7. The molecule has 2 aromatic carbocycles. The molecule has 35 heavy (non-hydrogen) atoms. The standard InChI is InChI=1S/C28H34F3N3O/c1-20-7-6-8-22(15-20)17-27(2,3)34-13-11-21(12-14-34)18-33(19-28(29,30)31)26(35)25-16-23-9-4-5-10-24(23)32-25/h4-10,15-16,21,32H,11-14,17-19H2,1-3H3. The van der Waals surface area contributed by atoms with E-state index in [9.17, 15) is 18.0 Å². The lowest BCUT2D eigenvalue weighted by Gasteiger charge is -2.44. The Hall–Kier alpha value is -2.80. The van der Waals surface area contributed by atoms with Crippen LogP contribution >= 0.6 is 0 Å². The van der Waals surface area contributed by atoms with Crippen LogP contribution in [0.15, 0.2) is 54.6 Å². The first-order valence-corrected chi connectivity index (χ1v) is 12.2. The third kappa shape index (κ3) is 6.45. The quantitative estimate of drug-likeness (QED) is 0.432. The molecule has 1 aliphatic heterocycles. The number of benzene rings is 2. The highest BCUT2D eigenvalue weighted by atomic mass is 19.4. The summed E-state index contributed by atoms with van der Waals surface area (Å²) in [6, 6.07) is 17.5. The zero-order valence-electron chi connectivity index (χ0n) is 20.7. The third-order valence-corrected chi connectivity index (χ3v) is 7.09. The molecule has 2 heterocycles. The Morgan fingerprint density at radius 1 is 1.06 bits per heavy atom. The molecule has 1 fully saturated rings. The van der Waals surface area contributed by atoms with Crippen LogP contribution in [-0.2, 0) is 6.42 Å². The van der Waals surface area contributed by atoms with Gasteiger partial charge in [0.25, 0.3) is 5.91 Å². The van der Waals surface area contributed by atoms with E-state index in [0.29, 0.717) is 0 Å². The number of H-pyrrole nitrogens is 1. The maximum absolute atomic E-state index is 13.4. The minimum atomic E-state index is -4.45. The molecule has 3 aromatic rings. The third-order valence-electron chi connectivity index (χ3n) is 7.09. The van der Waals surface area contributed by atoms with Crippen molar-refractivity contribution < 1.29 is 18.0 Å². The smallest absolute Gasteiger partial charge is 0.351 e. The average Bonchev–Trinajstić information content (AvgIpc) is 3.22. The van der Waals surface area contributed by atoms with Crippen molar-refractivity contribution in [2.24, 2.45) is 5.92 Å². The van der Waals surface area contributed by atoms with Crippen molar-refractivity contribution >= 4 is 16.8 Å². The van der Waals surface area contributed by atoms with Crippen molar-refractivity contribution in [1.82, 2.24) is 14.8 Å². The van der Waals surface area contributed by atoms with Crippen molar-refractivity contribution in [3.63, 3.8) is 0 Å². The van der Waals surface area contributed by atoms with Gasteiger partial charge in [-0.3, -0.25) is 9.69 Å². The molecule has 0 unspecified atom stereocenters. The predicted octanol–water partition coefficient (Wildman–Crippen LogP) is 6.21. The van der Waals surface area contributed by atoms with Gasteiger partial charge in [-0.1, -0.05) is 48.0 Å². The number of aromatic amines is 1. The fourth-order valence-corrected chi connectivity index (χ4v) is 5.26. The van der Waals surface area contributed by atoms with E-state index in [4.69, 9.17) is 0 Å². The Morgan fingerprint density at radius 2 is 1.77 bits per heavy atom. The highest BCUT2D eigenvalue weighted by Gasteiger charge is 2.37. The van der Waals surface area contributed by atoms with Gasteiger partial charge in [0.1, 0.15) is 12.2 Å². The van der Waals surface area contributed by atoms with Crippen LogP contribution in [-0.4, -0.2) is 58.6 Å². The topological polar surface area (TPSA) is 39.3 Å². The molecule has 0 aliphatic carbocycles. The van der Waals surface area contributed by atoms with E-state index >= 15 is 0 Å². The van der Waals surface area contributed by atoms with Crippen LogP contribution in [0.2, 0.25) is 0 Å². The van der Waals surface area contributed by atoms with E-state index in [2.05, 4.69) is 54.9 Å². The Bertz CT molecular complexity index is 1130. The fraction of sp³-hybridized carbons (Fsp3) is 0.464. The number of aromatic nitrogens is 1. The minimum absolute atomic E-state index is 0.0386. The summed E-state index contributed by atoms with van der Waals surface area (Å²) in [6.07, 6.45) is -1.99. The van der Waals surface area contributed by atoms with Crippen LogP contribution < -0.4 is 0 Å². The number of hydrogen-bond acceptors (Lipinski definition) is 2. The van der Waals surface area contributed by atoms with E-state index in [-0.39, 0.29) is 23.7 Å². The van der Waals surface area contributed by atoms with Crippen molar-refractivity contribution in [2.75, 3.05) is 26.2 Å². The Balaban J connectivity index is 1.41. The van der Waals surface area contributed by atoms with Gasteiger partial charge in [-0.2, -0.15) is 13.2 Å². The normalized spacial score (nSPS) is 16.1. The van der Waals surface area contributed by atoms with Gasteiger partial charge in [-0.15, -0.1) is 0 Å². The number of carbonyl (C=O) groups is 1. The Labute approximate surface area is 205 Å². The van der Waals surface area contributed by atoms with E-state index < -0.39 is 18.6 Å². The second-order valence-electron chi connectivity index (χ2n) is 10.5. The van der Waals surface area contributed by atoms with Gasteiger partial charge in [-0.25, -0.2) is 0 Å². The first-order valence-electron chi connectivity index (χ1n) is 12.2. The second-order valence-corrected chi connectivity index (χ2v) is 10.5. The molecule has 1 N–H and O–H groups in total. The summed E-state index contributed by atoms with van der Waals surface area (Å²) < 4.78 is 40.1. The van der Waals surface area contributed by atoms with Crippen molar-refractivity contribution in [1.29, 1.82) is 0 Å². The number of carbonyl (C=O) groups excluding carboxylic acids is 1. The lowest BCUT2D eigenvalue weighted by Crippen LogP contribution is -2.51. The lowest BCUT2D eigenvalue weighted by molar-refractivity contribution is -0.142. The van der Waals surface area contributed by atoms with Gasteiger partial charge in [0.2, 0.25) is 0 Å². The number of nitrogens with zero attached hydrogens (tertiary/aromatic N) is 2. The molecule has 4 nitrogen and oxygen atoms in total. The zero-order chi connectivity index (χ0) is 25.2. The molecule has 1 aromatic heterocycles. The molecule has 4 rings (SSSR count). The predicted molar refractivity (Wildman–Crippen MR) is 134 cm³/mol. The van der Waals surface area contributed by atoms with E-state index in [1.165, 1.54) is 11.1 Å². The number of piperidine rings is 1. The van der Waals surface area contributed by atoms with Crippen molar-refractivity contribution in [2.45, 2.75) is 51.7 Å². The van der Waals surface area contributed by atoms with Gasteiger partial charge in [0, 0.05) is 23.0 Å². The first-order chi connectivity index (χ1) is 16.5. The maximum Gasteiger partial charge on any atom is 0.406 e. The summed E-state index contributed by atoms with van der Waals surface area (Å²) in [7, 11) is 0. The molecule has 0 bridgehead atoms. The number of para-hydroxylation sites is 1. The fourth-order valence-electron chi connectivity index (χ4n) is 5.26. The van der Waals surface area contributed by atoms with Crippen LogP contribution in [0.25, 0.3) is 10.9 Å². The van der Waals surface area contributed by atoms with Gasteiger partial charge in [-0.05, 0) is 76.7 Å². The number of halogens is 3. The van der Waals surface area contributed by atoms with Gasteiger partial charge < -0.3 is 9.88 Å². The number of fused-ring (bicyclic) bond motifs is 1. The molecular formula is C28H34F3N3O. The van der Waals surface area contributed by atoms with Crippen LogP contribution in [0.4, 0.5) is 13.2 Å². The Kier molecular flexibility index (Phi) is 7.27. The summed E-state index contributed by atoms with van der Waals surface area (Å²) in [5.74, 6) is -0.558. The molecular weight excluding hydrogens is 451 g/mol. The summed E-state index contributed by atoms with van der Waals surface area (Å²) in [5, 5.41) is 0.812. The average molecular weight is 486 g/mol. The number of amides is 1. The van der Waals surface area contributed by atoms with E-state index in [1.807, 2.05) is 24.3 Å². The lowest BCUT2D eigenvalue weighted by atomic mass is 9.87. The van der Waals surface area contributed by atoms with Crippen LogP contribution in [0.1, 0.15) is 48.3 Å². The van der Waals surface area contributed by atoms with E-state index in [1.54, 1.807) is 6.07 Å². The molecule has 0 spiro atoms. The Morgan fingerprint density at radius 3 is 2.43 bits per heavy atom. The highest BCUT2D eigenvalue weighted by Crippen LogP contribution is 2.29. The maximum atomic E-state index is 13.4. The van der Waals surface area contributed by atoms with Crippen LogP contribution in [0.5, 0.6) is 0 Å². The molecule has 188 valence electrons. The van der Waals surface area contributed by atoms with Crippen molar-refractivity contribution in [3.8, 4) is 0 Å². The number of rotatable bonds is 7. The van der Waals surface area contributed by atoms with Gasteiger partial charge in [0.05, 0.1) is 0 Å². The summed E-state index contributed by atoms with van der Waals surface area (Å²) >= 11 is 0. The van der Waals surface area contributed by atoms with Crippen LogP contribution in [0.3, 0.4) is 0 Å². The molecule has 0 saturated carbocycles. The summed E-state index contributed by atoms with van der Waals surface area (Å²) in [5.41, 5.74) is 3.42. The van der Waals surface area contributed by atoms with Gasteiger partial charge in [0.15, 0.2) is 0 Å². The molecule has 0 radical (unpaired) electrons. The molecule has 1 aliphatic rings. The largest absolute Gasteiger partial charge is 0.406 e. The number of likely N-dealkylation sites (tertiary alicyclic amines) is 1. The number of alkyl halides is 3. The van der Waals surface area contributed by atoms with Crippen LogP contribution in [0, 0.1) is 12.8 Å². The SMILES string of the molecule is Cc1cccc(CC(C)(C)N2CCC(CN(CC(F)(F)F)C(=O)c3cc4ccccc4[nH]3)CC2)c1. The number of hydrogen-bond donors (Lipinski definition) is 1. The molecule has 0 atom stereocenters. The highest BCUT2D eigenvalue weighted by molar-refractivity contribution is 5.98. The second kappa shape index (κ2) is 10.1.